The molecule has 0 amide bonds. The number of nitrogens with one attached hydrogen (secondary N) is 1. The van der Waals surface area contributed by atoms with Crippen LogP contribution in [0.1, 0.15) is 11.1 Å². The summed E-state index contributed by atoms with van der Waals surface area (Å²) in [5.74, 6) is 0.304. The maximum absolute atomic E-state index is 12.7. The van der Waals surface area contributed by atoms with Crippen molar-refractivity contribution in [2.24, 2.45) is 0 Å². The molecule has 3 aromatic rings. The Bertz CT molecular complexity index is 913. The van der Waals surface area contributed by atoms with Gasteiger partial charge in [-0.25, -0.2) is 9.97 Å². The minimum absolute atomic E-state index is 0.0860. The number of nitrogens with zero attached hydrogens (tertiary/aromatic N) is 3. The van der Waals surface area contributed by atoms with E-state index in [4.69, 9.17) is 0 Å². The first-order chi connectivity index (χ1) is 11.0. The predicted molar refractivity (Wildman–Crippen MR) is 88.1 cm³/mol. The number of aryl methyl sites for hydroxylation is 2. The average Bonchev–Trinajstić information content (AvgIpc) is 2.97. The fraction of sp³-hybridized carbons (Fsp3) is 0.125. The summed E-state index contributed by atoms with van der Waals surface area (Å²) in [5.41, 5.74) is 2.51. The highest BCUT2D eigenvalue weighted by molar-refractivity contribution is 7.92. The minimum atomic E-state index is -3.75. The van der Waals surface area contributed by atoms with Gasteiger partial charge in [-0.05, 0) is 55.3 Å². The summed E-state index contributed by atoms with van der Waals surface area (Å²) in [6.45, 7) is 3.84. The van der Waals surface area contributed by atoms with Crippen LogP contribution in [0.4, 0.5) is 5.69 Å². The summed E-state index contributed by atoms with van der Waals surface area (Å²) in [6.07, 6.45) is 4.75. The van der Waals surface area contributed by atoms with Crippen molar-refractivity contribution in [2.45, 2.75) is 18.9 Å². The van der Waals surface area contributed by atoms with E-state index >= 15 is 0 Å². The van der Waals surface area contributed by atoms with Crippen LogP contribution in [0.25, 0.3) is 5.95 Å². The van der Waals surface area contributed by atoms with Gasteiger partial charge in [0.15, 0.2) is 5.03 Å². The Balaban J connectivity index is 2.00. The van der Waals surface area contributed by atoms with Crippen LogP contribution in [-0.4, -0.2) is 23.0 Å². The van der Waals surface area contributed by atoms with E-state index in [0.717, 1.165) is 11.1 Å². The van der Waals surface area contributed by atoms with E-state index in [0.29, 0.717) is 11.6 Å². The van der Waals surface area contributed by atoms with Crippen LogP contribution in [0, 0.1) is 13.8 Å². The van der Waals surface area contributed by atoms with Crippen molar-refractivity contribution in [2.75, 3.05) is 4.72 Å². The van der Waals surface area contributed by atoms with Crippen LogP contribution in [0.3, 0.4) is 0 Å². The third-order valence-corrected chi connectivity index (χ3v) is 4.62. The van der Waals surface area contributed by atoms with Crippen LogP contribution in [0.2, 0.25) is 0 Å². The molecule has 0 saturated heterocycles. The second kappa shape index (κ2) is 5.85. The van der Waals surface area contributed by atoms with Gasteiger partial charge in [0.25, 0.3) is 10.0 Å². The number of hydrogen-bond acceptors (Lipinski definition) is 4. The third kappa shape index (κ3) is 3.24. The average molecular weight is 328 g/mol. The molecule has 0 aliphatic rings. The summed E-state index contributed by atoms with van der Waals surface area (Å²) < 4.78 is 29.4. The summed E-state index contributed by atoms with van der Waals surface area (Å²) >= 11 is 0. The maximum Gasteiger partial charge on any atom is 0.278 e. The minimum Gasteiger partial charge on any atom is -0.278 e. The topological polar surface area (TPSA) is 76.9 Å². The van der Waals surface area contributed by atoms with E-state index in [-0.39, 0.29) is 5.03 Å². The molecular weight excluding hydrogens is 312 g/mol. The first-order valence-electron chi connectivity index (χ1n) is 7.01. The molecule has 3 rings (SSSR count). The van der Waals surface area contributed by atoms with Crippen LogP contribution in [0.15, 0.2) is 60.0 Å². The van der Waals surface area contributed by atoms with Crippen molar-refractivity contribution < 1.29 is 8.42 Å². The zero-order valence-electron chi connectivity index (χ0n) is 12.8. The van der Waals surface area contributed by atoms with E-state index in [2.05, 4.69) is 14.7 Å². The monoisotopic (exact) mass is 328 g/mol. The second-order valence-electron chi connectivity index (χ2n) is 5.25. The van der Waals surface area contributed by atoms with Gasteiger partial charge in [0.2, 0.25) is 5.95 Å². The number of hydrogen-bond donors (Lipinski definition) is 1. The van der Waals surface area contributed by atoms with Crippen LogP contribution < -0.4 is 4.72 Å². The Morgan fingerprint density at radius 1 is 1.00 bits per heavy atom. The molecule has 0 saturated carbocycles. The molecule has 0 spiro atoms. The highest BCUT2D eigenvalue weighted by Gasteiger charge is 2.20. The van der Waals surface area contributed by atoms with Gasteiger partial charge >= 0.3 is 0 Å². The van der Waals surface area contributed by atoms with Gasteiger partial charge in [0.05, 0.1) is 0 Å². The smallest absolute Gasteiger partial charge is 0.278 e. The van der Waals surface area contributed by atoms with Crippen LogP contribution in [0.5, 0.6) is 0 Å². The molecule has 23 heavy (non-hydrogen) atoms. The molecule has 7 heteroatoms. The molecule has 0 radical (unpaired) electrons. The molecule has 0 aliphatic carbocycles. The summed E-state index contributed by atoms with van der Waals surface area (Å²) in [6, 6.07) is 10.4. The summed E-state index contributed by atoms with van der Waals surface area (Å²) in [5, 5.41) is 0.0860. The van der Waals surface area contributed by atoms with Gasteiger partial charge in [-0.2, -0.15) is 8.42 Å². The molecule has 0 atom stereocenters. The van der Waals surface area contributed by atoms with Gasteiger partial charge in [-0.3, -0.25) is 9.29 Å². The molecule has 0 unspecified atom stereocenters. The molecule has 118 valence electrons. The van der Waals surface area contributed by atoms with Crippen LogP contribution >= 0.6 is 0 Å². The normalized spacial score (nSPS) is 11.4. The van der Waals surface area contributed by atoms with Gasteiger partial charge in [-0.1, -0.05) is 6.07 Å². The highest BCUT2D eigenvalue weighted by atomic mass is 32.2. The SMILES string of the molecule is Cc1cc(C)cc(NS(=O)(=O)c2cccn2-c2ncccn2)c1. The third-order valence-electron chi connectivity index (χ3n) is 3.23. The zero-order valence-corrected chi connectivity index (χ0v) is 13.6. The molecule has 0 bridgehead atoms. The Morgan fingerprint density at radius 3 is 2.30 bits per heavy atom. The van der Waals surface area contributed by atoms with Crippen molar-refractivity contribution in [3.8, 4) is 5.95 Å². The summed E-state index contributed by atoms with van der Waals surface area (Å²) in [4.78, 5) is 8.18. The summed E-state index contributed by atoms with van der Waals surface area (Å²) in [7, 11) is -3.75. The largest absolute Gasteiger partial charge is 0.278 e. The van der Waals surface area contributed by atoms with E-state index in [1.54, 1.807) is 42.9 Å². The van der Waals surface area contributed by atoms with E-state index in [1.807, 2.05) is 19.9 Å². The van der Waals surface area contributed by atoms with Gasteiger partial charge < -0.3 is 0 Å². The highest BCUT2D eigenvalue weighted by Crippen LogP contribution is 2.20. The van der Waals surface area contributed by atoms with Gasteiger partial charge in [0, 0.05) is 24.3 Å². The lowest BCUT2D eigenvalue weighted by molar-refractivity contribution is 0.593. The second-order valence-corrected chi connectivity index (χ2v) is 6.88. The van der Waals surface area contributed by atoms with Gasteiger partial charge in [-0.15, -0.1) is 0 Å². The number of aromatic nitrogens is 3. The number of rotatable bonds is 4. The number of sulfonamides is 1. The van der Waals surface area contributed by atoms with Crippen LogP contribution in [-0.2, 0) is 10.0 Å². The lowest BCUT2D eigenvalue weighted by Gasteiger charge is -2.11. The molecule has 1 aromatic carbocycles. The molecule has 0 aliphatic heterocycles. The number of benzene rings is 1. The molecule has 6 nitrogen and oxygen atoms in total. The fourth-order valence-electron chi connectivity index (χ4n) is 2.41. The fourth-order valence-corrected chi connectivity index (χ4v) is 3.60. The molecular formula is C16H16N4O2S. The first kappa shape index (κ1) is 15.2. The van der Waals surface area contributed by atoms with E-state index in [9.17, 15) is 8.42 Å². The molecule has 0 fully saturated rings. The van der Waals surface area contributed by atoms with Gasteiger partial charge in [0.1, 0.15) is 0 Å². The standard InChI is InChI=1S/C16H16N4O2S/c1-12-9-13(2)11-14(10-12)19-23(21,22)15-5-3-8-20(15)16-17-6-4-7-18-16/h3-11,19H,1-2H3. The zero-order chi connectivity index (χ0) is 16.4. The van der Waals surface area contributed by atoms with Crippen molar-refractivity contribution in [3.05, 3.63) is 66.1 Å². The van der Waals surface area contributed by atoms with Crippen molar-refractivity contribution >= 4 is 15.7 Å². The Labute approximate surface area is 134 Å². The van der Waals surface area contributed by atoms with E-state index < -0.39 is 10.0 Å². The van der Waals surface area contributed by atoms with Crippen molar-refractivity contribution in [1.29, 1.82) is 0 Å². The molecule has 2 heterocycles. The quantitative estimate of drug-likeness (QED) is 0.799. The Kier molecular flexibility index (Phi) is 3.87. The maximum atomic E-state index is 12.7. The number of anilines is 1. The van der Waals surface area contributed by atoms with Crippen molar-refractivity contribution in [1.82, 2.24) is 14.5 Å². The molecule has 1 N–H and O–H groups in total. The molecule has 2 aromatic heterocycles. The lowest BCUT2D eigenvalue weighted by atomic mass is 10.1. The van der Waals surface area contributed by atoms with Crippen molar-refractivity contribution in [3.63, 3.8) is 0 Å². The van der Waals surface area contributed by atoms with E-state index in [1.165, 1.54) is 10.6 Å². The Morgan fingerprint density at radius 2 is 1.65 bits per heavy atom. The Hall–Kier alpha value is -2.67. The lowest BCUT2D eigenvalue weighted by Crippen LogP contribution is -2.17. The first-order valence-corrected chi connectivity index (χ1v) is 8.50. The predicted octanol–water partition coefficient (Wildman–Crippen LogP) is 2.68.